The van der Waals surface area contributed by atoms with Gasteiger partial charge in [0.25, 0.3) is 0 Å². The van der Waals surface area contributed by atoms with E-state index in [4.69, 9.17) is 0 Å². The molecule has 132 valence electrons. The quantitative estimate of drug-likeness (QED) is 0.839. The van der Waals surface area contributed by atoms with E-state index in [1.54, 1.807) is 0 Å². The second kappa shape index (κ2) is 8.90. The summed E-state index contributed by atoms with van der Waals surface area (Å²) in [5.41, 5.74) is 2.20. The molecule has 1 atom stereocenters. The van der Waals surface area contributed by atoms with Crippen molar-refractivity contribution in [2.75, 3.05) is 26.2 Å². The number of halogens is 4. The number of rotatable bonds is 5. The van der Waals surface area contributed by atoms with Crippen molar-refractivity contribution < 1.29 is 13.2 Å². The van der Waals surface area contributed by atoms with Crippen molar-refractivity contribution in [1.82, 2.24) is 10.2 Å². The first-order valence-corrected chi connectivity index (χ1v) is 7.98. The number of nitrogens with zero attached hydrogens (tertiary/aromatic N) is 1. The fourth-order valence-electron chi connectivity index (χ4n) is 2.98. The van der Waals surface area contributed by atoms with Gasteiger partial charge in [0, 0.05) is 38.6 Å². The molecule has 1 aromatic rings. The minimum Gasteiger partial charge on any atom is -0.314 e. The van der Waals surface area contributed by atoms with Crippen LogP contribution in [0.5, 0.6) is 0 Å². The zero-order valence-electron chi connectivity index (χ0n) is 13.7. The molecule has 1 N–H and O–H groups in total. The van der Waals surface area contributed by atoms with Crippen LogP contribution in [0.3, 0.4) is 0 Å². The fraction of sp³-hybridized carbons (Fsp3) is 0.647. The molecule has 0 spiro atoms. The lowest BCUT2D eigenvalue weighted by molar-refractivity contribution is -0.138. The third-order valence-corrected chi connectivity index (χ3v) is 4.26. The Kier molecular flexibility index (Phi) is 7.84. The van der Waals surface area contributed by atoms with Gasteiger partial charge in [-0.05, 0) is 23.5 Å². The first kappa shape index (κ1) is 20.3. The number of benzene rings is 1. The van der Waals surface area contributed by atoms with Gasteiger partial charge in [-0.25, -0.2) is 0 Å². The van der Waals surface area contributed by atoms with Crippen molar-refractivity contribution in [1.29, 1.82) is 0 Å². The van der Waals surface area contributed by atoms with Gasteiger partial charge in [0.2, 0.25) is 0 Å². The SMILES string of the molecule is CC(C)c1cccc([C@H](CCC(F)(F)F)N2CCNCC2)c1.Cl. The molecule has 0 aliphatic carbocycles. The van der Waals surface area contributed by atoms with Crippen molar-refractivity contribution in [3.05, 3.63) is 35.4 Å². The standard InChI is InChI=1S/C17H25F3N2.ClH/c1-13(2)14-4-3-5-15(12-14)16(6-7-17(18,19)20)22-10-8-21-9-11-22;/h3-5,12-13,16,21H,6-11H2,1-2H3;1H/t16-;/m0./s1. The van der Waals surface area contributed by atoms with Crippen molar-refractivity contribution in [2.45, 2.75) is 44.8 Å². The Bertz CT molecular complexity index is 471. The van der Waals surface area contributed by atoms with Crippen LogP contribution >= 0.6 is 12.4 Å². The van der Waals surface area contributed by atoms with E-state index < -0.39 is 12.6 Å². The van der Waals surface area contributed by atoms with Gasteiger partial charge < -0.3 is 5.32 Å². The molecular weight excluding hydrogens is 325 g/mol. The average Bonchev–Trinajstić information content (AvgIpc) is 2.48. The summed E-state index contributed by atoms with van der Waals surface area (Å²) in [6.45, 7) is 7.49. The Labute approximate surface area is 142 Å². The smallest absolute Gasteiger partial charge is 0.314 e. The Hall–Kier alpha value is -0.780. The normalized spacial score (nSPS) is 17.8. The van der Waals surface area contributed by atoms with Gasteiger partial charge in [-0.2, -0.15) is 13.2 Å². The molecule has 2 rings (SSSR count). The summed E-state index contributed by atoms with van der Waals surface area (Å²) in [7, 11) is 0. The van der Waals surface area contributed by atoms with Gasteiger partial charge in [-0.3, -0.25) is 4.90 Å². The lowest BCUT2D eigenvalue weighted by Gasteiger charge is -2.35. The van der Waals surface area contributed by atoms with Gasteiger partial charge in [-0.15, -0.1) is 12.4 Å². The van der Waals surface area contributed by atoms with Crippen molar-refractivity contribution in [3.63, 3.8) is 0 Å². The topological polar surface area (TPSA) is 15.3 Å². The zero-order valence-corrected chi connectivity index (χ0v) is 14.5. The number of piperazine rings is 1. The average molecular weight is 351 g/mol. The van der Waals surface area contributed by atoms with Gasteiger partial charge >= 0.3 is 6.18 Å². The maximum absolute atomic E-state index is 12.7. The fourth-order valence-corrected chi connectivity index (χ4v) is 2.98. The molecule has 1 fully saturated rings. The molecule has 0 saturated carbocycles. The predicted molar refractivity (Wildman–Crippen MR) is 90.3 cm³/mol. The number of alkyl halides is 3. The highest BCUT2D eigenvalue weighted by molar-refractivity contribution is 5.85. The Morgan fingerprint density at radius 2 is 1.74 bits per heavy atom. The van der Waals surface area contributed by atoms with Crippen LogP contribution in [0.15, 0.2) is 24.3 Å². The molecule has 23 heavy (non-hydrogen) atoms. The van der Waals surface area contributed by atoms with E-state index in [1.165, 1.54) is 5.56 Å². The third kappa shape index (κ3) is 6.32. The van der Waals surface area contributed by atoms with Crippen LogP contribution in [0.2, 0.25) is 0 Å². The first-order valence-electron chi connectivity index (χ1n) is 7.98. The molecule has 1 saturated heterocycles. The van der Waals surface area contributed by atoms with Crippen LogP contribution in [0.1, 0.15) is 49.8 Å². The molecule has 6 heteroatoms. The monoisotopic (exact) mass is 350 g/mol. The molecule has 0 bridgehead atoms. The molecule has 0 aromatic heterocycles. The van der Waals surface area contributed by atoms with E-state index >= 15 is 0 Å². The lowest BCUT2D eigenvalue weighted by Crippen LogP contribution is -2.45. The second-order valence-corrected chi connectivity index (χ2v) is 6.28. The summed E-state index contributed by atoms with van der Waals surface area (Å²) in [6, 6.07) is 7.91. The van der Waals surface area contributed by atoms with Crippen LogP contribution in [-0.2, 0) is 0 Å². The molecular formula is C17H26ClF3N2. The highest BCUT2D eigenvalue weighted by Crippen LogP contribution is 2.32. The summed E-state index contributed by atoms with van der Waals surface area (Å²) in [5, 5.41) is 3.26. The van der Waals surface area contributed by atoms with Crippen LogP contribution in [-0.4, -0.2) is 37.3 Å². The Morgan fingerprint density at radius 1 is 1.13 bits per heavy atom. The summed E-state index contributed by atoms with van der Waals surface area (Å²) < 4.78 is 38.0. The summed E-state index contributed by atoms with van der Waals surface area (Å²) >= 11 is 0. The van der Waals surface area contributed by atoms with Crippen LogP contribution in [0.25, 0.3) is 0 Å². The van der Waals surface area contributed by atoms with Crippen molar-refractivity contribution >= 4 is 12.4 Å². The lowest BCUT2D eigenvalue weighted by atomic mass is 9.94. The van der Waals surface area contributed by atoms with Gasteiger partial charge in [0.05, 0.1) is 0 Å². The molecule has 0 radical (unpaired) electrons. The summed E-state index contributed by atoms with van der Waals surface area (Å²) in [4.78, 5) is 2.18. The van der Waals surface area contributed by atoms with E-state index in [-0.39, 0.29) is 24.9 Å². The van der Waals surface area contributed by atoms with Gasteiger partial charge in [0.15, 0.2) is 0 Å². The van der Waals surface area contributed by atoms with Crippen LogP contribution in [0.4, 0.5) is 13.2 Å². The van der Waals surface area contributed by atoms with Gasteiger partial charge in [-0.1, -0.05) is 38.1 Å². The zero-order chi connectivity index (χ0) is 16.2. The van der Waals surface area contributed by atoms with E-state index in [0.29, 0.717) is 5.92 Å². The molecule has 1 aliphatic rings. The number of nitrogens with one attached hydrogen (secondary N) is 1. The molecule has 2 nitrogen and oxygen atoms in total. The van der Waals surface area contributed by atoms with Crippen LogP contribution in [0, 0.1) is 0 Å². The minimum atomic E-state index is -4.10. The van der Waals surface area contributed by atoms with Gasteiger partial charge in [0.1, 0.15) is 0 Å². The molecule has 1 aromatic carbocycles. The Balaban J connectivity index is 0.00000264. The Morgan fingerprint density at radius 3 is 2.30 bits per heavy atom. The second-order valence-electron chi connectivity index (χ2n) is 6.28. The third-order valence-electron chi connectivity index (χ3n) is 4.26. The maximum Gasteiger partial charge on any atom is 0.389 e. The molecule has 0 unspecified atom stereocenters. The first-order chi connectivity index (χ1) is 10.4. The summed E-state index contributed by atoms with van der Waals surface area (Å²) in [6.07, 6.45) is -4.69. The van der Waals surface area contributed by atoms with E-state index in [2.05, 4.69) is 30.1 Å². The van der Waals surface area contributed by atoms with E-state index in [0.717, 1.165) is 31.7 Å². The predicted octanol–water partition coefficient (Wildman–Crippen LogP) is 4.52. The van der Waals surface area contributed by atoms with Crippen molar-refractivity contribution in [2.24, 2.45) is 0 Å². The van der Waals surface area contributed by atoms with E-state index in [1.807, 2.05) is 18.2 Å². The molecule has 1 heterocycles. The maximum atomic E-state index is 12.7. The van der Waals surface area contributed by atoms with E-state index in [9.17, 15) is 13.2 Å². The van der Waals surface area contributed by atoms with Crippen molar-refractivity contribution in [3.8, 4) is 0 Å². The molecule has 0 amide bonds. The number of hydrogen-bond donors (Lipinski definition) is 1. The number of hydrogen-bond acceptors (Lipinski definition) is 2. The molecule has 1 aliphatic heterocycles. The minimum absolute atomic E-state index is 0. The van der Waals surface area contributed by atoms with Crippen LogP contribution < -0.4 is 5.32 Å². The highest BCUT2D eigenvalue weighted by Gasteiger charge is 2.31. The highest BCUT2D eigenvalue weighted by atomic mass is 35.5. The largest absolute Gasteiger partial charge is 0.389 e. The summed E-state index contributed by atoms with van der Waals surface area (Å²) in [5.74, 6) is 0.381.